The third-order valence-electron chi connectivity index (χ3n) is 3.62. The highest BCUT2D eigenvalue weighted by Gasteiger charge is 2.49. The highest BCUT2D eigenvalue weighted by atomic mass is 16.5. The maximum Gasteiger partial charge on any atom is 0.162 e. The van der Waals surface area contributed by atoms with Crippen LogP contribution in [-0.2, 0) is 5.41 Å². The van der Waals surface area contributed by atoms with Crippen molar-refractivity contribution in [1.29, 1.82) is 5.26 Å². The summed E-state index contributed by atoms with van der Waals surface area (Å²) in [6, 6.07) is 5.28. The van der Waals surface area contributed by atoms with Gasteiger partial charge in [-0.15, -0.1) is 0 Å². The van der Waals surface area contributed by atoms with Gasteiger partial charge in [0.2, 0.25) is 0 Å². The number of rotatable bonds is 3. The second-order valence-electron chi connectivity index (χ2n) is 4.63. The van der Waals surface area contributed by atoms with Gasteiger partial charge in [0.05, 0.1) is 18.7 Å². The summed E-state index contributed by atoms with van der Waals surface area (Å²) in [5.74, 6) is 0.451. The molecule has 90 valence electrons. The molecule has 1 aliphatic carbocycles. The van der Waals surface area contributed by atoms with E-state index in [4.69, 9.17) is 15.7 Å². The van der Waals surface area contributed by atoms with E-state index in [0.29, 0.717) is 11.3 Å². The van der Waals surface area contributed by atoms with E-state index in [1.807, 2.05) is 6.92 Å². The Morgan fingerprint density at radius 1 is 1.53 bits per heavy atom. The van der Waals surface area contributed by atoms with Gasteiger partial charge in [-0.3, -0.25) is 0 Å². The molecule has 0 saturated heterocycles. The van der Waals surface area contributed by atoms with Crippen LogP contribution >= 0.6 is 0 Å². The zero-order valence-corrected chi connectivity index (χ0v) is 10.0. The number of nitriles is 1. The van der Waals surface area contributed by atoms with Crippen LogP contribution in [0.25, 0.3) is 0 Å². The van der Waals surface area contributed by atoms with Gasteiger partial charge >= 0.3 is 0 Å². The molecule has 3 N–H and O–H groups in total. The molecule has 1 aliphatic rings. The van der Waals surface area contributed by atoms with E-state index < -0.39 is 0 Å². The van der Waals surface area contributed by atoms with Crippen molar-refractivity contribution in [2.45, 2.75) is 31.2 Å². The van der Waals surface area contributed by atoms with Crippen LogP contribution in [0.5, 0.6) is 11.5 Å². The molecule has 4 heteroatoms. The third-order valence-corrected chi connectivity index (χ3v) is 3.62. The molecule has 0 aliphatic heterocycles. The lowest BCUT2D eigenvalue weighted by Crippen LogP contribution is -2.31. The molecule has 1 saturated carbocycles. The molecular weight excluding hydrogens is 216 g/mol. The molecule has 0 radical (unpaired) electrons. The van der Waals surface area contributed by atoms with Crippen LogP contribution in [-0.4, -0.2) is 18.3 Å². The van der Waals surface area contributed by atoms with E-state index in [2.05, 4.69) is 6.07 Å². The van der Waals surface area contributed by atoms with Crippen molar-refractivity contribution in [2.24, 2.45) is 5.73 Å². The second kappa shape index (κ2) is 3.94. The van der Waals surface area contributed by atoms with Crippen molar-refractivity contribution in [3.05, 3.63) is 23.3 Å². The SMILES string of the molecule is COc1cc(C#N)cc(C2(C(C)N)CC2)c1O. The molecule has 17 heavy (non-hydrogen) atoms. The first kappa shape index (κ1) is 11.7. The largest absolute Gasteiger partial charge is 0.504 e. The van der Waals surface area contributed by atoms with Crippen molar-refractivity contribution >= 4 is 0 Å². The van der Waals surface area contributed by atoms with Gasteiger partial charge in [0, 0.05) is 23.1 Å². The molecule has 0 bridgehead atoms. The average Bonchev–Trinajstić information content (AvgIpc) is 3.10. The Labute approximate surface area is 101 Å². The summed E-state index contributed by atoms with van der Waals surface area (Å²) >= 11 is 0. The summed E-state index contributed by atoms with van der Waals surface area (Å²) in [5.41, 5.74) is 7.02. The van der Waals surface area contributed by atoms with Crippen molar-refractivity contribution in [2.75, 3.05) is 7.11 Å². The lowest BCUT2D eigenvalue weighted by molar-refractivity contribution is 0.365. The first-order chi connectivity index (χ1) is 8.05. The fraction of sp³-hybridized carbons (Fsp3) is 0.462. The number of methoxy groups -OCH3 is 1. The topological polar surface area (TPSA) is 79.3 Å². The zero-order valence-electron chi connectivity index (χ0n) is 10.0. The Morgan fingerprint density at radius 3 is 2.59 bits per heavy atom. The molecule has 0 amide bonds. The van der Waals surface area contributed by atoms with E-state index in [-0.39, 0.29) is 17.2 Å². The van der Waals surface area contributed by atoms with Gasteiger partial charge in [-0.25, -0.2) is 0 Å². The van der Waals surface area contributed by atoms with Crippen molar-refractivity contribution in [3.63, 3.8) is 0 Å². The number of phenolic OH excluding ortho intramolecular Hbond substituents is 1. The first-order valence-electron chi connectivity index (χ1n) is 5.62. The standard InChI is InChI=1S/C13H16N2O2/c1-8(15)13(3-4-13)10-5-9(7-14)6-11(17-2)12(10)16/h5-6,8,16H,3-4,15H2,1-2H3. The van der Waals surface area contributed by atoms with Crippen LogP contribution < -0.4 is 10.5 Å². The normalized spacial score (nSPS) is 18.2. The van der Waals surface area contributed by atoms with Gasteiger partial charge in [-0.2, -0.15) is 5.26 Å². The Hall–Kier alpha value is -1.73. The number of hydrogen-bond donors (Lipinski definition) is 2. The van der Waals surface area contributed by atoms with E-state index in [1.165, 1.54) is 13.2 Å². The zero-order chi connectivity index (χ0) is 12.6. The molecule has 1 unspecified atom stereocenters. The van der Waals surface area contributed by atoms with Crippen LogP contribution in [0.4, 0.5) is 0 Å². The third kappa shape index (κ3) is 1.73. The molecule has 1 fully saturated rings. The van der Waals surface area contributed by atoms with Crippen LogP contribution in [0.3, 0.4) is 0 Å². The molecule has 1 atom stereocenters. The Kier molecular flexibility index (Phi) is 2.72. The van der Waals surface area contributed by atoms with Crippen molar-refractivity contribution < 1.29 is 9.84 Å². The van der Waals surface area contributed by atoms with Crippen molar-refractivity contribution in [1.82, 2.24) is 0 Å². The van der Waals surface area contributed by atoms with Crippen LogP contribution in [0.1, 0.15) is 30.9 Å². The molecule has 1 aromatic rings. The molecule has 1 aromatic carbocycles. The van der Waals surface area contributed by atoms with Gasteiger partial charge in [0.15, 0.2) is 11.5 Å². The van der Waals surface area contributed by atoms with Crippen molar-refractivity contribution in [3.8, 4) is 17.6 Å². The number of ether oxygens (including phenoxy) is 1. The minimum atomic E-state index is -0.190. The average molecular weight is 232 g/mol. The molecule has 0 heterocycles. The summed E-state index contributed by atoms with van der Waals surface area (Å²) in [6.45, 7) is 1.93. The lowest BCUT2D eigenvalue weighted by atomic mass is 9.87. The Bertz CT molecular complexity index is 485. The number of hydrogen-bond acceptors (Lipinski definition) is 4. The lowest BCUT2D eigenvalue weighted by Gasteiger charge is -2.22. The summed E-state index contributed by atoms with van der Waals surface area (Å²) in [6.07, 6.45) is 1.88. The van der Waals surface area contributed by atoms with Gasteiger partial charge in [-0.1, -0.05) is 0 Å². The maximum atomic E-state index is 10.1. The minimum absolute atomic E-state index is 0.0490. The van der Waals surface area contributed by atoms with E-state index in [9.17, 15) is 5.11 Å². The molecular formula is C13H16N2O2. The summed E-state index contributed by atoms with van der Waals surface area (Å²) in [7, 11) is 1.48. The van der Waals surface area contributed by atoms with Crippen LogP contribution in [0.2, 0.25) is 0 Å². The van der Waals surface area contributed by atoms with Gasteiger partial charge in [0.25, 0.3) is 0 Å². The fourth-order valence-electron chi connectivity index (χ4n) is 2.31. The monoisotopic (exact) mass is 232 g/mol. The summed E-state index contributed by atoms with van der Waals surface area (Å²) in [5, 5.41) is 19.1. The highest BCUT2D eigenvalue weighted by Crippen LogP contribution is 2.54. The first-order valence-corrected chi connectivity index (χ1v) is 5.62. The highest BCUT2D eigenvalue weighted by molar-refractivity contribution is 5.56. The number of aromatic hydroxyl groups is 1. The van der Waals surface area contributed by atoms with E-state index in [0.717, 1.165) is 18.4 Å². The van der Waals surface area contributed by atoms with Gasteiger partial charge in [-0.05, 0) is 25.8 Å². The van der Waals surface area contributed by atoms with E-state index in [1.54, 1.807) is 6.07 Å². The summed E-state index contributed by atoms with van der Waals surface area (Å²) < 4.78 is 5.09. The number of nitrogens with zero attached hydrogens (tertiary/aromatic N) is 1. The fourth-order valence-corrected chi connectivity index (χ4v) is 2.31. The van der Waals surface area contributed by atoms with Gasteiger partial charge in [0.1, 0.15) is 0 Å². The Balaban J connectivity index is 2.58. The molecule has 4 nitrogen and oxygen atoms in total. The molecule has 0 aromatic heterocycles. The van der Waals surface area contributed by atoms with Gasteiger partial charge < -0.3 is 15.6 Å². The summed E-state index contributed by atoms with van der Waals surface area (Å²) in [4.78, 5) is 0. The quantitative estimate of drug-likeness (QED) is 0.830. The minimum Gasteiger partial charge on any atom is -0.504 e. The number of benzene rings is 1. The van der Waals surface area contributed by atoms with E-state index >= 15 is 0 Å². The predicted octanol–water partition coefficient (Wildman–Crippen LogP) is 1.65. The number of phenols is 1. The second-order valence-corrected chi connectivity index (χ2v) is 4.63. The van der Waals surface area contributed by atoms with Crippen LogP contribution in [0, 0.1) is 11.3 Å². The Morgan fingerprint density at radius 2 is 2.18 bits per heavy atom. The maximum absolute atomic E-state index is 10.1. The smallest absolute Gasteiger partial charge is 0.162 e. The number of nitrogens with two attached hydrogens (primary N) is 1. The molecule has 2 rings (SSSR count). The molecule has 0 spiro atoms. The predicted molar refractivity (Wildman–Crippen MR) is 63.9 cm³/mol. The van der Waals surface area contributed by atoms with Crippen LogP contribution in [0.15, 0.2) is 12.1 Å².